The summed E-state index contributed by atoms with van der Waals surface area (Å²) in [6, 6.07) is 8.27. The molecule has 2 atom stereocenters. The van der Waals surface area contributed by atoms with E-state index in [9.17, 15) is 4.79 Å². The van der Waals surface area contributed by atoms with Gasteiger partial charge in [0.25, 0.3) is 0 Å². The highest BCUT2D eigenvalue weighted by molar-refractivity contribution is 5.84. The fourth-order valence-corrected chi connectivity index (χ4v) is 2.57. The summed E-state index contributed by atoms with van der Waals surface area (Å²) >= 11 is 0. The minimum Gasteiger partial charge on any atom is -0.321 e. The van der Waals surface area contributed by atoms with Crippen LogP contribution in [0.2, 0.25) is 0 Å². The Morgan fingerprint density at radius 2 is 2.00 bits per heavy atom. The summed E-state index contributed by atoms with van der Waals surface area (Å²) in [5.41, 5.74) is 2.49. The van der Waals surface area contributed by atoms with Gasteiger partial charge in [0.05, 0.1) is 6.04 Å². The van der Waals surface area contributed by atoms with E-state index < -0.39 is 0 Å². The average Bonchev–Trinajstić information content (AvgIpc) is 2.55. The summed E-state index contributed by atoms with van der Waals surface area (Å²) in [5.74, 6) is 0.196. The van der Waals surface area contributed by atoms with Crippen molar-refractivity contribution in [1.82, 2.24) is 10.2 Å². The molecule has 3 heteroatoms. The maximum Gasteiger partial charge on any atom is 0.241 e. The van der Waals surface area contributed by atoms with Crippen LogP contribution in [0.4, 0.5) is 0 Å². The molecule has 1 aliphatic rings. The number of amides is 1. The van der Waals surface area contributed by atoms with E-state index in [0.717, 1.165) is 6.54 Å². The van der Waals surface area contributed by atoms with Crippen LogP contribution in [0.1, 0.15) is 45.0 Å². The van der Waals surface area contributed by atoms with Crippen molar-refractivity contribution in [2.75, 3.05) is 6.54 Å². The number of aryl methyl sites for hydroxylation is 1. The molecular weight excluding hydrogens is 236 g/mol. The van der Waals surface area contributed by atoms with Crippen molar-refractivity contribution < 1.29 is 4.79 Å². The number of hydrogen-bond acceptors (Lipinski definition) is 2. The lowest BCUT2D eigenvalue weighted by Gasteiger charge is -2.31. The first-order chi connectivity index (χ1) is 8.78. The topological polar surface area (TPSA) is 32.3 Å². The van der Waals surface area contributed by atoms with Crippen LogP contribution < -0.4 is 5.32 Å². The molecule has 0 aromatic heterocycles. The van der Waals surface area contributed by atoms with Gasteiger partial charge in [-0.25, -0.2) is 0 Å². The summed E-state index contributed by atoms with van der Waals surface area (Å²) in [6.07, 6.45) is 0.00150. The number of hydrogen-bond donors (Lipinski definition) is 1. The highest BCUT2D eigenvalue weighted by Crippen LogP contribution is 2.29. The average molecular weight is 260 g/mol. The number of rotatable bonds is 2. The molecule has 0 bridgehead atoms. The maximum absolute atomic E-state index is 12.3. The zero-order chi connectivity index (χ0) is 14.2. The first-order valence-corrected chi connectivity index (χ1v) is 6.91. The van der Waals surface area contributed by atoms with E-state index in [1.54, 1.807) is 0 Å². The molecular formula is C16H24N2O. The predicted octanol–water partition coefficient (Wildman–Crippen LogP) is 2.86. The Kier molecular flexibility index (Phi) is 3.68. The van der Waals surface area contributed by atoms with Gasteiger partial charge >= 0.3 is 0 Å². The summed E-state index contributed by atoms with van der Waals surface area (Å²) in [7, 11) is 0. The van der Waals surface area contributed by atoms with Crippen molar-refractivity contribution in [3.8, 4) is 0 Å². The molecule has 0 spiro atoms. The fourth-order valence-electron chi connectivity index (χ4n) is 2.57. The van der Waals surface area contributed by atoms with E-state index in [-0.39, 0.29) is 23.5 Å². The molecule has 0 radical (unpaired) electrons. The second-order valence-electron chi connectivity index (χ2n) is 6.73. The number of carbonyl (C=O) groups excluding carboxylic acids is 1. The molecule has 1 aliphatic heterocycles. The zero-order valence-corrected chi connectivity index (χ0v) is 12.5. The second kappa shape index (κ2) is 4.97. The van der Waals surface area contributed by atoms with Gasteiger partial charge in [0.2, 0.25) is 5.91 Å². The van der Waals surface area contributed by atoms with E-state index in [2.05, 4.69) is 57.3 Å². The molecule has 1 heterocycles. The Morgan fingerprint density at radius 1 is 1.32 bits per heavy atom. The van der Waals surface area contributed by atoms with Gasteiger partial charge in [0, 0.05) is 6.54 Å². The lowest BCUT2D eigenvalue weighted by molar-refractivity contribution is -0.131. The van der Waals surface area contributed by atoms with Gasteiger partial charge in [-0.05, 0) is 24.8 Å². The number of nitrogens with one attached hydrogen (secondary N) is 1. The molecule has 1 amide bonds. The van der Waals surface area contributed by atoms with Crippen LogP contribution in [0.25, 0.3) is 0 Å². The Balaban J connectivity index is 2.30. The molecule has 0 aliphatic carbocycles. The molecule has 104 valence electrons. The summed E-state index contributed by atoms with van der Waals surface area (Å²) in [6.45, 7) is 11.3. The summed E-state index contributed by atoms with van der Waals surface area (Å²) in [4.78, 5) is 14.3. The smallest absolute Gasteiger partial charge is 0.241 e. The van der Waals surface area contributed by atoms with Crippen molar-refractivity contribution in [3.63, 3.8) is 0 Å². The molecule has 1 aromatic rings. The lowest BCUT2D eigenvalue weighted by Crippen LogP contribution is -2.37. The molecule has 2 unspecified atom stereocenters. The van der Waals surface area contributed by atoms with Crippen LogP contribution >= 0.6 is 0 Å². The molecule has 3 nitrogen and oxygen atoms in total. The van der Waals surface area contributed by atoms with Crippen molar-refractivity contribution in [3.05, 3.63) is 35.4 Å². The third kappa shape index (κ3) is 3.16. The second-order valence-corrected chi connectivity index (χ2v) is 6.73. The minimum atomic E-state index is -0.104. The van der Waals surface area contributed by atoms with Gasteiger partial charge in [-0.2, -0.15) is 0 Å². The normalized spacial score (nSPS) is 24.1. The van der Waals surface area contributed by atoms with Gasteiger partial charge < -0.3 is 4.90 Å². The van der Waals surface area contributed by atoms with Crippen molar-refractivity contribution in [1.29, 1.82) is 0 Å². The van der Waals surface area contributed by atoms with Crippen molar-refractivity contribution >= 4 is 5.91 Å². The van der Waals surface area contributed by atoms with Gasteiger partial charge in [-0.15, -0.1) is 0 Å². The van der Waals surface area contributed by atoms with Gasteiger partial charge in [-0.1, -0.05) is 50.6 Å². The highest BCUT2D eigenvalue weighted by atomic mass is 16.2. The maximum atomic E-state index is 12.3. The molecule has 1 saturated heterocycles. The molecule has 2 rings (SSSR count). The third-order valence-electron chi connectivity index (χ3n) is 3.38. The largest absolute Gasteiger partial charge is 0.321 e. The van der Waals surface area contributed by atoms with Gasteiger partial charge in [0.1, 0.15) is 6.17 Å². The van der Waals surface area contributed by atoms with Crippen molar-refractivity contribution in [2.24, 2.45) is 5.41 Å². The van der Waals surface area contributed by atoms with Crippen molar-refractivity contribution in [2.45, 2.75) is 46.8 Å². The monoisotopic (exact) mass is 260 g/mol. The Labute approximate surface area is 116 Å². The van der Waals surface area contributed by atoms with E-state index in [1.165, 1.54) is 11.1 Å². The molecule has 19 heavy (non-hydrogen) atoms. The minimum absolute atomic E-state index is 0.00150. The summed E-state index contributed by atoms with van der Waals surface area (Å²) in [5, 5.41) is 3.40. The number of carbonyl (C=O) groups is 1. The van der Waals surface area contributed by atoms with Crippen LogP contribution in [0.3, 0.4) is 0 Å². The standard InChI is InChI=1S/C16H24N2O/c1-11-7-6-8-13(9-11)14-17-12(2)15(19)18(14)10-16(3,4)5/h6-9,12,14,17H,10H2,1-5H3. The predicted molar refractivity (Wildman–Crippen MR) is 77.7 cm³/mol. The van der Waals surface area contributed by atoms with Crippen LogP contribution in [0.15, 0.2) is 24.3 Å². The van der Waals surface area contributed by atoms with Crippen LogP contribution in [0.5, 0.6) is 0 Å². The SMILES string of the molecule is Cc1cccc(C2NC(C)C(=O)N2CC(C)(C)C)c1. The van der Waals surface area contributed by atoms with Gasteiger partial charge in [-0.3, -0.25) is 10.1 Å². The van der Waals surface area contributed by atoms with E-state index in [4.69, 9.17) is 0 Å². The zero-order valence-electron chi connectivity index (χ0n) is 12.5. The number of benzene rings is 1. The Bertz CT molecular complexity index is 476. The molecule has 1 fully saturated rings. The molecule has 1 aromatic carbocycles. The van der Waals surface area contributed by atoms with E-state index in [0.29, 0.717) is 0 Å². The fraction of sp³-hybridized carbons (Fsp3) is 0.562. The summed E-state index contributed by atoms with van der Waals surface area (Å²) < 4.78 is 0. The highest BCUT2D eigenvalue weighted by Gasteiger charge is 2.38. The Morgan fingerprint density at radius 3 is 2.58 bits per heavy atom. The van der Waals surface area contributed by atoms with Gasteiger partial charge in [0.15, 0.2) is 0 Å². The number of nitrogens with zero attached hydrogens (tertiary/aromatic N) is 1. The van der Waals surface area contributed by atoms with Crippen LogP contribution in [-0.2, 0) is 4.79 Å². The Hall–Kier alpha value is -1.35. The van der Waals surface area contributed by atoms with E-state index >= 15 is 0 Å². The van der Waals surface area contributed by atoms with Crippen LogP contribution in [0, 0.1) is 12.3 Å². The first-order valence-electron chi connectivity index (χ1n) is 6.91. The lowest BCUT2D eigenvalue weighted by atomic mass is 9.95. The van der Waals surface area contributed by atoms with E-state index in [1.807, 2.05) is 11.8 Å². The quantitative estimate of drug-likeness (QED) is 0.887. The molecule has 1 N–H and O–H groups in total. The third-order valence-corrected chi connectivity index (χ3v) is 3.38. The first kappa shape index (κ1) is 14.1. The molecule has 0 saturated carbocycles. The van der Waals surface area contributed by atoms with Crippen LogP contribution in [-0.4, -0.2) is 23.4 Å².